The molecule has 1 aromatic carbocycles. The Labute approximate surface area is 202 Å². The van der Waals surface area contributed by atoms with Gasteiger partial charge in [0.1, 0.15) is 5.82 Å². The topological polar surface area (TPSA) is 85.8 Å². The van der Waals surface area contributed by atoms with Gasteiger partial charge in [0.05, 0.1) is 15.4 Å². The molecule has 1 saturated heterocycles. The zero-order chi connectivity index (χ0) is 23.7. The fourth-order valence-corrected chi connectivity index (χ4v) is 5.35. The maximum atomic E-state index is 12.9. The van der Waals surface area contributed by atoms with E-state index in [9.17, 15) is 9.59 Å². The molecular weight excluding hydrogens is 448 g/mol. The van der Waals surface area contributed by atoms with E-state index in [-0.39, 0.29) is 5.91 Å². The Kier molecular flexibility index (Phi) is 6.06. The van der Waals surface area contributed by atoms with Crippen molar-refractivity contribution in [1.29, 1.82) is 0 Å². The van der Waals surface area contributed by atoms with Gasteiger partial charge < -0.3 is 20.2 Å². The Morgan fingerprint density at radius 3 is 2.59 bits per heavy atom. The molecule has 1 amide bonds. The Balaban J connectivity index is 1.30. The van der Waals surface area contributed by atoms with Crippen LogP contribution in [0.1, 0.15) is 49.6 Å². The van der Waals surface area contributed by atoms with Crippen molar-refractivity contribution in [1.82, 2.24) is 15.2 Å². The molecule has 174 valence electrons. The number of hydrogen-bond acceptors (Lipinski definition) is 6. The van der Waals surface area contributed by atoms with Crippen molar-refractivity contribution >= 4 is 28.2 Å². The number of hydrogen-bond donors (Lipinski definition) is 2. The molecule has 2 aliphatic rings. The summed E-state index contributed by atoms with van der Waals surface area (Å²) in [7, 11) is 0. The van der Waals surface area contributed by atoms with Crippen molar-refractivity contribution in [3.63, 3.8) is 0 Å². The number of carbonyl (C=O) groups is 2. The van der Waals surface area contributed by atoms with Crippen molar-refractivity contribution < 1.29 is 14.7 Å². The van der Waals surface area contributed by atoms with E-state index in [4.69, 9.17) is 5.11 Å². The summed E-state index contributed by atoms with van der Waals surface area (Å²) in [6.07, 6.45) is 5.68. The molecule has 3 aromatic rings. The molecule has 8 heteroatoms. The molecule has 2 aromatic heterocycles. The molecule has 1 aliphatic heterocycles. The molecule has 1 saturated carbocycles. The molecule has 34 heavy (non-hydrogen) atoms. The first-order valence-electron chi connectivity index (χ1n) is 11.3. The number of allylic oxidation sites excluding steroid dienone is 1. The maximum Gasteiger partial charge on any atom is 0.335 e. The smallest absolute Gasteiger partial charge is 0.335 e. The molecule has 3 heterocycles. The van der Waals surface area contributed by atoms with Crippen LogP contribution in [0.25, 0.3) is 0 Å². The number of pyridine rings is 1. The van der Waals surface area contributed by atoms with Crippen LogP contribution in [0.15, 0.2) is 66.3 Å². The second-order valence-electron chi connectivity index (χ2n) is 8.64. The van der Waals surface area contributed by atoms with Crippen LogP contribution >= 0.6 is 11.3 Å². The monoisotopic (exact) mass is 474 g/mol. The van der Waals surface area contributed by atoms with Crippen LogP contribution in [0.5, 0.6) is 0 Å². The highest BCUT2D eigenvalue weighted by atomic mass is 32.1. The number of carboxylic acids is 1. The van der Waals surface area contributed by atoms with E-state index < -0.39 is 5.97 Å². The number of carbonyl (C=O) groups excluding carboxylic acids is 1. The molecule has 2 N–H and O–H groups in total. The third kappa shape index (κ3) is 4.68. The fraction of sp³-hybridized carbons (Fsp3) is 0.269. The van der Waals surface area contributed by atoms with E-state index >= 15 is 0 Å². The number of amides is 1. The summed E-state index contributed by atoms with van der Waals surface area (Å²) in [4.78, 5) is 33.6. The van der Waals surface area contributed by atoms with E-state index in [0.717, 1.165) is 59.0 Å². The zero-order valence-corrected chi connectivity index (χ0v) is 19.8. The first-order chi connectivity index (χ1) is 16.5. The first-order valence-corrected chi connectivity index (χ1v) is 12.2. The third-order valence-electron chi connectivity index (χ3n) is 6.09. The van der Waals surface area contributed by atoms with Gasteiger partial charge in [0.25, 0.3) is 5.91 Å². The average Bonchev–Trinajstić information content (AvgIpc) is 3.48. The van der Waals surface area contributed by atoms with Gasteiger partial charge in [-0.05, 0) is 66.3 Å². The Morgan fingerprint density at radius 2 is 1.91 bits per heavy atom. The van der Waals surface area contributed by atoms with Crippen molar-refractivity contribution in [2.45, 2.75) is 32.9 Å². The number of aryl methyl sites for hydroxylation is 1. The van der Waals surface area contributed by atoms with Gasteiger partial charge in [-0.1, -0.05) is 18.2 Å². The predicted molar refractivity (Wildman–Crippen MR) is 132 cm³/mol. The molecule has 0 unspecified atom stereocenters. The lowest BCUT2D eigenvalue weighted by Crippen LogP contribution is -2.23. The molecule has 1 aliphatic carbocycles. The minimum Gasteiger partial charge on any atom is -0.478 e. The van der Waals surface area contributed by atoms with Crippen LogP contribution in [0.3, 0.4) is 0 Å². The average molecular weight is 475 g/mol. The summed E-state index contributed by atoms with van der Waals surface area (Å²) in [5, 5.41) is 13.2. The number of benzene rings is 1. The number of anilines is 1. The molecule has 0 bridgehead atoms. The standard InChI is InChI=1S/C26H26N4O3S/c1-17-13-22(34-23(17)24(31)28-15-19-3-2-10-27-14-19)30-12-11-29(25(30)20-8-9-20)16-18-4-6-21(7-5-18)26(32)33/h2-7,10,13-14H,8-9,11-12,15-16H2,1H3,(H,28,31)(H,32,33). The SMILES string of the molecule is Cc1cc(N2CCN(Cc3ccc(C(=O)O)cc3)C2=C2CC2)sc1C(=O)NCc1cccnc1. The van der Waals surface area contributed by atoms with Crippen LogP contribution in [0.2, 0.25) is 0 Å². The Hall–Kier alpha value is -3.65. The van der Waals surface area contributed by atoms with E-state index in [2.05, 4.69) is 26.2 Å². The normalized spacial score (nSPS) is 15.1. The summed E-state index contributed by atoms with van der Waals surface area (Å²) < 4.78 is 0. The lowest BCUT2D eigenvalue weighted by atomic mass is 10.1. The number of nitrogens with zero attached hydrogens (tertiary/aromatic N) is 3. The van der Waals surface area contributed by atoms with Crippen LogP contribution < -0.4 is 10.2 Å². The van der Waals surface area contributed by atoms with E-state index in [1.807, 2.05) is 31.2 Å². The zero-order valence-electron chi connectivity index (χ0n) is 19.0. The highest BCUT2D eigenvalue weighted by Crippen LogP contribution is 2.42. The highest BCUT2D eigenvalue weighted by molar-refractivity contribution is 7.18. The molecule has 7 nitrogen and oxygen atoms in total. The molecule has 0 atom stereocenters. The number of thiophene rings is 1. The van der Waals surface area contributed by atoms with Crippen molar-refractivity contribution in [3.8, 4) is 0 Å². The van der Waals surface area contributed by atoms with E-state index in [0.29, 0.717) is 12.1 Å². The van der Waals surface area contributed by atoms with Gasteiger partial charge in [-0.25, -0.2) is 4.79 Å². The van der Waals surface area contributed by atoms with Crippen molar-refractivity contribution in [3.05, 3.63) is 93.4 Å². The number of nitrogens with one attached hydrogen (secondary N) is 1. The second kappa shape index (κ2) is 9.30. The fourth-order valence-electron chi connectivity index (χ4n) is 4.23. The summed E-state index contributed by atoms with van der Waals surface area (Å²) in [5.74, 6) is 0.270. The van der Waals surface area contributed by atoms with Crippen molar-refractivity contribution in [2.24, 2.45) is 0 Å². The molecule has 2 fully saturated rings. The Bertz CT molecular complexity index is 1240. The number of carboxylic acid groups (broad SMARTS) is 1. The quantitative estimate of drug-likeness (QED) is 0.528. The number of aromatic carboxylic acids is 1. The lowest BCUT2D eigenvalue weighted by Gasteiger charge is -2.24. The number of rotatable bonds is 7. The minimum absolute atomic E-state index is 0.0622. The van der Waals surface area contributed by atoms with Gasteiger partial charge in [0.2, 0.25) is 0 Å². The van der Waals surface area contributed by atoms with E-state index in [1.165, 1.54) is 22.7 Å². The largest absolute Gasteiger partial charge is 0.478 e. The molecule has 0 spiro atoms. The summed E-state index contributed by atoms with van der Waals surface area (Å²) in [5.41, 5.74) is 4.77. The van der Waals surface area contributed by atoms with Gasteiger partial charge in [0, 0.05) is 38.6 Å². The number of aromatic nitrogens is 1. The van der Waals surface area contributed by atoms with Crippen LogP contribution in [-0.2, 0) is 13.1 Å². The summed E-state index contributed by atoms with van der Waals surface area (Å²) >= 11 is 1.53. The first kappa shape index (κ1) is 22.2. The lowest BCUT2D eigenvalue weighted by molar-refractivity contribution is 0.0696. The Morgan fingerprint density at radius 1 is 1.12 bits per heavy atom. The third-order valence-corrected chi connectivity index (χ3v) is 7.35. The van der Waals surface area contributed by atoms with Crippen molar-refractivity contribution in [2.75, 3.05) is 18.0 Å². The maximum absolute atomic E-state index is 12.9. The van der Waals surface area contributed by atoms with Crippen LogP contribution in [0, 0.1) is 6.92 Å². The van der Waals surface area contributed by atoms with Gasteiger partial charge in [-0.2, -0.15) is 0 Å². The van der Waals surface area contributed by atoms with Gasteiger partial charge in [0.15, 0.2) is 0 Å². The van der Waals surface area contributed by atoms with Gasteiger partial charge in [-0.15, -0.1) is 11.3 Å². The van der Waals surface area contributed by atoms with Crippen LogP contribution in [-0.4, -0.2) is 40.0 Å². The molecule has 5 rings (SSSR count). The second-order valence-corrected chi connectivity index (χ2v) is 9.67. The van der Waals surface area contributed by atoms with Crippen LogP contribution in [0.4, 0.5) is 5.00 Å². The highest BCUT2D eigenvalue weighted by Gasteiger charge is 2.34. The molecule has 0 radical (unpaired) electrons. The summed E-state index contributed by atoms with van der Waals surface area (Å²) in [6.45, 7) is 4.92. The van der Waals surface area contributed by atoms with Gasteiger partial charge in [-0.3, -0.25) is 9.78 Å². The molecular formula is C26H26N4O3S. The minimum atomic E-state index is -0.909. The predicted octanol–water partition coefficient (Wildman–Crippen LogP) is 4.41. The van der Waals surface area contributed by atoms with Gasteiger partial charge >= 0.3 is 5.97 Å². The summed E-state index contributed by atoms with van der Waals surface area (Å²) in [6, 6.07) is 13.0. The van der Waals surface area contributed by atoms with E-state index in [1.54, 1.807) is 24.5 Å².